The molecule has 0 bridgehead atoms. The minimum Gasteiger partial charge on any atom is -0.330 e. The van der Waals surface area contributed by atoms with Crippen LogP contribution in [-0.2, 0) is 10.0 Å². The molecule has 0 aliphatic carbocycles. The molecule has 2 amide bonds. The second-order valence-corrected chi connectivity index (χ2v) is 7.16. The van der Waals surface area contributed by atoms with Crippen molar-refractivity contribution in [2.75, 3.05) is 40.1 Å². The number of aromatic nitrogens is 2. The van der Waals surface area contributed by atoms with Crippen molar-refractivity contribution >= 4 is 32.5 Å². The van der Waals surface area contributed by atoms with Crippen molar-refractivity contribution in [2.24, 2.45) is 0 Å². The Morgan fingerprint density at radius 2 is 1.67 bits per heavy atom. The average molecular weight is 293 g/mol. The van der Waals surface area contributed by atoms with Gasteiger partial charge in [-0.05, 0) is 0 Å². The molecule has 8 nitrogen and oxygen atoms in total. The van der Waals surface area contributed by atoms with Crippen molar-refractivity contribution in [3.05, 3.63) is 0 Å². The Morgan fingerprint density at radius 1 is 1.11 bits per heavy atom. The van der Waals surface area contributed by atoms with Gasteiger partial charge < -0.3 is 4.90 Å². The first-order valence-electron chi connectivity index (χ1n) is 4.89. The molecule has 0 saturated carbocycles. The zero-order valence-corrected chi connectivity index (χ0v) is 12.4. The molecule has 0 saturated heterocycles. The number of carbonyl (C=O) groups is 1. The van der Waals surface area contributed by atoms with Gasteiger partial charge in [-0.15, -0.1) is 10.2 Å². The molecular weight excluding hydrogens is 278 g/mol. The maximum atomic E-state index is 11.8. The van der Waals surface area contributed by atoms with Crippen LogP contribution < -0.4 is 4.90 Å². The van der Waals surface area contributed by atoms with E-state index in [1.54, 1.807) is 14.1 Å². The van der Waals surface area contributed by atoms with E-state index in [4.69, 9.17) is 0 Å². The first kappa shape index (κ1) is 14.8. The van der Waals surface area contributed by atoms with Crippen molar-refractivity contribution in [1.29, 1.82) is 0 Å². The number of anilines is 1. The lowest BCUT2D eigenvalue weighted by Gasteiger charge is -2.18. The summed E-state index contributed by atoms with van der Waals surface area (Å²) in [5.41, 5.74) is 0. The Hall–Kier alpha value is -1.26. The number of nitrogens with zero attached hydrogens (tertiary/aromatic N) is 5. The van der Waals surface area contributed by atoms with Gasteiger partial charge in [-0.1, -0.05) is 11.3 Å². The van der Waals surface area contributed by atoms with Crippen LogP contribution in [0, 0.1) is 0 Å². The molecule has 0 unspecified atom stereocenters. The molecule has 0 N–H and O–H groups in total. The van der Waals surface area contributed by atoms with Crippen molar-refractivity contribution in [3.8, 4) is 0 Å². The highest BCUT2D eigenvalue weighted by atomic mass is 32.2. The third kappa shape index (κ3) is 2.76. The van der Waals surface area contributed by atoms with E-state index in [1.165, 1.54) is 30.9 Å². The number of hydrogen-bond donors (Lipinski definition) is 0. The highest BCUT2D eigenvalue weighted by Gasteiger charge is 2.25. The molecule has 0 radical (unpaired) electrons. The van der Waals surface area contributed by atoms with E-state index in [-0.39, 0.29) is 15.5 Å². The topological polar surface area (TPSA) is 86.7 Å². The Balaban J connectivity index is 3.05. The summed E-state index contributed by atoms with van der Waals surface area (Å²) < 4.78 is 24.5. The Morgan fingerprint density at radius 3 is 2.11 bits per heavy atom. The number of sulfonamides is 1. The summed E-state index contributed by atoms with van der Waals surface area (Å²) in [5, 5.41) is 7.54. The van der Waals surface area contributed by atoms with Crippen molar-refractivity contribution in [3.63, 3.8) is 0 Å². The van der Waals surface area contributed by atoms with Crippen LogP contribution in [0.1, 0.15) is 0 Å². The molecule has 1 rings (SSSR count). The molecule has 0 spiro atoms. The van der Waals surface area contributed by atoms with E-state index in [0.717, 1.165) is 15.6 Å². The Kier molecular flexibility index (Phi) is 4.24. The molecular formula is C8H15N5O3S2. The molecule has 0 aromatic carbocycles. The number of carbonyl (C=O) groups excluding carboxylic acids is 1. The minimum atomic E-state index is -3.61. The van der Waals surface area contributed by atoms with Crippen LogP contribution in [0.3, 0.4) is 0 Å². The molecule has 18 heavy (non-hydrogen) atoms. The molecule has 0 fully saturated rings. The Bertz CT molecular complexity index is 537. The summed E-state index contributed by atoms with van der Waals surface area (Å²) in [5.74, 6) is 0. The van der Waals surface area contributed by atoms with Gasteiger partial charge in [0.2, 0.25) is 9.47 Å². The standard InChI is InChI=1S/C8H15N5O3S2/c1-11(2)8(14)13(5)6-9-10-7(17-6)18(15,16)12(3)4/h1-5H3. The molecule has 1 aromatic rings. The highest BCUT2D eigenvalue weighted by molar-refractivity contribution is 7.91. The summed E-state index contributed by atoms with van der Waals surface area (Å²) in [7, 11) is 3.90. The predicted molar refractivity (Wildman–Crippen MR) is 68.3 cm³/mol. The fourth-order valence-electron chi connectivity index (χ4n) is 0.980. The lowest BCUT2D eigenvalue weighted by Crippen LogP contribution is -2.36. The van der Waals surface area contributed by atoms with Gasteiger partial charge in [-0.25, -0.2) is 17.5 Å². The van der Waals surface area contributed by atoms with Crippen LogP contribution in [0.25, 0.3) is 0 Å². The van der Waals surface area contributed by atoms with Gasteiger partial charge in [0.15, 0.2) is 0 Å². The van der Waals surface area contributed by atoms with E-state index in [2.05, 4.69) is 10.2 Å². The quantitative estimate of drug-likeness (QED) is 0.727. The predicted octanol–water partition coefficient (Wildman–Crippen LogP) is -0.0938. The third-order valence-electron chi connectivity index (χ3n) is 2.05. The molecule has 0 aliphatic rings. The highest BCUT2D eigenvalue weighted by Crippen LogP contribution is 2.24. The summed E-state index contributed by atoms with van der Waals surface area (Å²) in [6, 6.07) is -0.306. The van der Waals surface area contributed by atoms with Gasteiger partial charge in [0.1, 0.15) is 0 Å². The van der Waals surface area contributed by atoms with Crippen LogP contribution >= 0.6 is 11.3 Å². The van der Waals surface area contributed by atoms with Gasteiger partial charge in [0.25, 0.3) is 10.0 Å². The first-order chi connectivity index (χ1) is 8.17. The maximum absolute atomic E-state index is 11.8. The normalized spacial score (nSPS) is 11.7. The molecule has 102 valence electrons. The lowest BCUT2D eigenvalue weighted by molar-refractivity contribution is 0.225. The van der Waals surface area contributed by atoms with Crippen molar-refractivity contribution in [1.82, 2.24) is 19.4 Å². The second kappa shape index (κ2) is 5.16. The van der Waals surface area contributed by atoms with Gasteiger partial charge in [-0.2, -0.15) is 0 Å². The van der Waals surface area contributed by atoms with E-state index < -0.39 is 10.0 Å². The summed E-state index contributed by atoms with van der Waals surface area (Å²) in [6.07, 6.45) is 0. The second-order valence-electron chi connectivity index (χ2n) is 3.87. The fourth-order valence-corrected chi connectivity index (χ4v) is 3.06. The zero-order chi connectivity index (χ0) is 14.1. The number of rotatable bonds is 3. The van der Waals surface area contributed by atoms with E-state index in [0.29, 0.717) is 0 Å². The van der Waals surface area contributed by atoms with Crippen molar-refractivity contribution in [2.45, 2.75) is 4.34 Å². The van der Waals surface area contributed by atoms with Crippen LogP contribution in [0.2, 0.25) is 0 Å². The van der Waals surface area contributed by atoms with E-state index in [9.17, 15) is 13.2 Å². The number of amides is 2. The molecule has 1 aromatic heterocycles. The summed E-state index contributed by atoms with van der Waals surface area (Å²) >= 11 is 0.849. The van der Waals surface area contributed by atoms with Crippen molar-refractivity contribution < 1.29 is 13.2 Å². The van der Waals surface area contributed by atoms with Crippen LogP contribution in [0.15, 0.2) is 4.34 Å². The Labute approximate surface area is 110 Å². The van der Waals surface area contributed by atoms with Crippen LogP contribution in [0.5, 0.6) is 0 Å². The summed E-state index contributed by atoms with van der Waals surface area (Å²) in [6.45, 7) is 0. The number of urea groups is 1. The molecule has 0 aliphatic heterocycles. The summed E-state index contributed by atoms with van der Waals surface area (Å²) in [4.78, 5) is 14.3. The van der Waals surface area contributed by atoms with Gasteiger partial charge >= 0.3 is 6.03 Å². The van der Waals surface area contributed by atoms with Crippen LogP contribution in [0.4, 0.5) is 9.93 Å². The van der Waals surface area contributed by atoms with E-state index >= 15 is 0 Å². The first-order valence-corrected chi connectivity index (χ1v) is 7.14. The van der Waals surface area contributed by atoms with E-state index in [1.807, 2.05) is 0 Å². The van der Waals surface area contributed by atoms with Crippen LogP contribution in [-0.4, -0.2) is 69.1 Å². The molecule has 10 heteroatoms. The van der Waals surface area contributed by atoms with Gasteiger partial charge in [-0.3, -0.25) is 4.90 Å². The number of hydrogen-bond acceptors (Lipinski definition) is 6. The fraction of sp³-hybridized carbons (Fsp3) is 0.625. The smallest absolute Gasteiger partial charge is 0.325 e. The molecule has 0 atom stereocenters. The average Bonchev–Trinajstić information content (AvgIpc) is 2.76. The van der Waals surface area contributed by atoms with Gasteiger partial charge in [0, 0.05) is 35.2 Å². The largest absolute Gasteiger partial charge is 0.330 e. The minimum absolute atomic E-state index is 0.138. The third-order valence-corrected chi connectivity index (χ3v) is 5.21. The zero-order valence-electron chi connectivity index (χ0n) is 10.8. The monoisotopic (exact) mass is 293 g/mol. The lowest BCUT2D eigenvalue weighted by atomic mass is 10.7. The maximum Gasteiger partial charge on any atom is 0.325 e. The SMILES string of the molecule is CN(C)C(=O)N(C)c1nnc(S(=O)(=O)N(C)C)s1. The van der Waals surface area contributed by atoms with Gasteiger partial charge in [0.05, 0.1) is 0 Å². The molecule has 1 heterocycles.